The van der Waals surface area contributed by atoms with Crippen molar-refractivity contribution in [2.24, 2.45) is 11.3 Å². The van der Waals surface area contributed by atoms with Gasteiger partial charge in [-0.25, -0.2) is 4.98 Å². The van der Waals surface area contributed by atoms with Crippen LogP contribution >= 0.6 is 27.5 Å². The van der Waals surface area contributed by atoms with Gasteiger partial charge in [-0.1, -0.05) is 29.8 Å². The number of alkyl halides is 1. The Labute approximate surface area is 127 Å². The fourth-order valence-electron chi connectivity index (χ4n) is 2.74. The van der Waals surface area contributed by atoms with Gasteiger partial charge in [0.05, 0.1) is 11.0 Å². The fraction of sp³-hybridized carbons (Fsp3) is 0.533. The highest BCUT2D eigenvalue weighted by Gasteiger charge is 2.45. The summed E-state index contributed by atoms with van der Waals surface area (Å²) in [5, 5.41) is 0. The van der Waals surface area contributed by atoms with Crippen LogP contribution in [0.4, 0.5) is 0 Å². The molecule has 0 amide bonds. The van der Waals surface area contributed by atoms with Gasteiger partial charge in [-0.05, 0) is 36.0 Å². The predicted octanol–water partition coefficient (Wildman–Crippen LogP) is 4.63. The van der Waals surface area contributed by atoms with Crippen molar-refractivity contribution in [1.82, 2.24) is 9.55 Å². The first-order valence-electron chi connectivity index (χ1n) is 6.72. The fourth-order valence-corrected chi connectivity index (χ4v) is 3.26. The van der Waals surface area contributed by atoms with Crippen LogP contribution in [0.2, 0.25) is 0 Å². The van der Waals surface area contributed by atoms with Crippen LogP contribution in [0.5, 0.6) is 0 Å². The number of aromatic nitrogens is 2. The highest BCUT2D eigenvalue weighted by atomic mass is 79.9. The summed E-state index contributed by atoms with van der Waals surface area (Å²) in [6.45, 7) is 5.75. The second-order valence-corrected chi connectivity index (χ2v) is 7.39. The summed E-state index contributed by atoms with van der Waals surface area (Å²) in [6, 6.07) is 6.32. The highest BCUT2D eigenvalue weighted by molar-refractivity contribution is 9.10. The van der Waals surface area contributed by atoms with Crippen LogP contribution in [-0.2, 0) is 13.0 Å². The molecule has 0 radical (unpaired) electrons. The van der Waals surface area contributed by atoms with Crippen LogP contribution < -0.4 is 0 Å². The first kappa shape index (κ1) is 13.4. The van der Waals surface area contributed by atoms with Crippen LogP contribution in [0.3, 0.4) is 0 Å². The molecule has 0 N–H and O–H groups in total. The molecule has 1 atom stereocenters. The van der Waals surface area contributed by atoms with E-state index in [1.807, 2.05) is 0 Å². The molecule has 3 rings (SSSR count). The summed E-state index contributed by atoms with van der Waals surface area (Å²) >= 11 is 9.42. The van der Waals surface area contributed by atoms with Crippen molar-refractivity contribution in [3.8, 4) is 0 Å². The molecule has 19 heavy (non-hydrogen) atoms. The molecule has 0 saturated heterocycles. The smallest absolute Gasteiger partial charge is 0.111 e. The third kappa shape index (κ3) is 2.55. The Kier molecular flexibility index (Phi) is 3.38. The van der Waals surface area contributed by atoms with E-state index in [4.69, 9.17) is 16.6 Å². The molecule has 1 saturated carbocycles. The predicted molar refractivity (Wildman–Crippen MR) is 83.7 cm³/mol. The van der Waals surface area contributed by atoms with E-state index in [-0.39, 0.29) is 0 Å². The summed E-state index contributed by atoms with van der Waals surface area (Å²) in [5.74, 6) is 2.51. The SMILES string of the molecule is CC1(C)CC1Cn1c(CCCl)nc2cc(Br)ccc21. The van der Waals surface area contributed by atoms with E-state index in [0.29, 0.717) is 11.3 Å². The maximum atomic E-state index is 5.91. The van der Waals surface area contributed by atoms with Crippen molar-refractivity contribution in [2.75, 3.05) is 5.88 Å². The van der Waals surface area contributed by atoms with Gasteiger partial charge in [-0.2, -0.15) is 0 Å². The molecule has 0 spiro atoms. The van der Waals surface area contributed by atoms with E-state index in [0.717, 1.165) is 34.7 Å². The average Bonchev–Trinajstić information content (AvgIpc) is 2.79. The van der Waals surface area contributed by atoms with Crippen molar-refractivity contribution in [3.63, 3.8) is 0 Å². The largest absolute Gasteiger partial charge is 0.328 e. The minimum atomic E-state index is 0.490. The maximum absolute atomic E-state index is 5.91. The third-order valence-electron chi connectivity index (χ3n) is 4.23. The van der Waals surface area contributed by atoms with Crippen molar-refractivity contribution in [2.45, 2.75) is 33.2 Å². The maximum Gasteiger partial charge on any atom is 0.111 e. The molecular weight excluding hydrogens is 324 g/mol. The number of hydrogen-bond acceptors (Lipinski definition) is 1. The normalized spacial score (nSPS) is 20.9. The van der Waals surface area contributed by atoms with E-state index in [1.54, 1.807) is 0 Å². The average molecular weight is 342 g/mol. The van der Waals surface area contributed by atoms with Gasteiger partial charge in [0, 0.05) is 23.3 Å². The van der Waals surface area contributed by atoms with Crippen LogP contribution in [0.1, 0.15) is 26.1 Å². The van der Waals surface area contributed by atoms with E-state index < -0.39 is 0 Å². The molecule has 1 unspecified atom stereocenters. The summed E-state index contributed by atoms with van der Waals surface area (Å²) in [7, 11) is 0. The van der Waals surface area contributed by atoms with Crippen molar-refractivity contribution in [1.29, 1.82) is 0 Å². The lowest BCUT2D eigenvalue weighted by molar-refractivity contribution is 0.496. The summed E-state index contributed by atoms with van der Waals surface area (Å²) in [5.41, 5.74) is 2.78. The summed E-state index contributed by atoms with van der Waals surface area (Å²) in [6.07, 6.45) is 2.14. The second kappa shape index (κ2) is 4.78. The lowest BCUT2D eigenvalue weighted by Gasteiger charge is -2.10. The van der Waals surface area contributed by atoms with Gasteiger partial charge < -0.3 is 4.57 Å². The molecule has 0 aliphatic heterocycles. The zero-order chi connectivity index (χ0) is 13.6. The van der Waals surface area contributed by atoms with Gasteiger partial charge in [0.15, 0.2) is 0 Å². The van der Waals surface area contributed by atoms with Gasteiger partial charge in [-0.3, -0.25) is 0 Å². The summed E-state index contributed by atoms with van der Waals surface area (Å²) < 4.78 is 3.44. The van der Waals surface area contributed by atoms with Crippen LogP contribution in [0.25, 0.3) is 11.0 Å². The third-order valence-corrected chi connectivity index (χ3v) is 4.91. The Hall–Kier alpha value is -0.540. The molecule has 2 nitrogen and oxygen atoms in total. The minimum absolute atomic E-state index is 0.490. The van der Waals surface area contributed by atoms with Crippen LogP contribution in [0, 0.1) is 11.3 Å². The van der Waals surface area contributed by atoms with E-state index in [2.05, 4.69) is 52.5 Å². The molecule has 1 aromatic heterocycles. The number of nitrogens with zero attached hydrogens (tertiary/aromatic N) is 2. The number of fused-ring (bicyclic) bond motifs is 1. The lowest BCUT2D eigenvalue weighted by Crippen LogP contribution is -2.08. The molecule has 1 heterocycles. The number of imidazole rings is 1. The topological polar surface area (TPSA) is 17.8 Å². The Morgan fingerprint density at radius 2 is 2.21 bits per heavy atom. The first-order chi connectivity index (χ1) is 9.01. The van der Waals surface area contributed by atoms with Gasteiger partial charge in [0.1, 0.15) is 5.82 Å². The molecule has 0 bridgehead atoms. The molecule has 1 aliphatic rings. The molecular formula is C15H18BrClN2. The number of aryl methyl sites for hydroxylation is 1. The standard InChI is InChI=1S/C15H18BrClN2/c1-15(2)8-10(15)9-19-13-4-3-11(16)7-12(13)18-14(19)5-6-17/h3-4,7,10H,5-6,8-9H2,1-2H3. The van der Waals surface area contributed by atoms with E-state index in [9.17, 15) is 0 Å². The lowest BCUT2D eigenvalue weighted by atomic mass is 10.1. The molecule has 2 aromatic rings. The van der Waals surface area contributed by atoms with E-state index in [1.165, 1.54) is 11.9 Å². The summed E-state index contributed by atoms with van der Waals surface area (Å²) in [4.78, 5) is 4.74. The number of rotatable bonds is 4. The van der Waals surface area contributed by atoms with Crippen molar-refractivity contribution >= 4 is 38.6 Å². The quantitative estimate of drug-likeness (QED) is 0.742. The zero-order valence-electron chi connectivity index (χ0n) is 11.3. The van der Waals surface area contributed by atoms with Gasteiger partial charge >= 0.3 is 0 Å². The molecule has 1 aliphatic carbocycles. The number of hydrogen-bond donors (Lipinski definition) is 0. The zero-order valence-corrected chi connectivity index (χ0v) is 13.6. The Morgan fingerprint density at radius 3 is 2.84 bits per heavy atom. The van der Waals surface area contributed by atoms with Gasteiger partial charge in [0.2, 0.25) is 0 Å². The number of halogens is 2. The van der Waals surface area contributed by atoms with Gasteiger partial charge in [0.25, 0.3) is 0 Å². The van der Waals surface area contributed by atoms with Crippen LogP contribution in [0.15, 0.2) is 22.7 Å². The highest BCUT2D eigenvalue weighted by Crippen LogP contribution is 2.52. The Bertz CT molecular complexity index is 618. The molecule has 1 aromatic carbocycles. The van der Waals surface area contributed by atoms with Crippen molar-refractivity contribution < 1.29 is 0 Å². The minimum Gasteiger partial charge on any atom is -0.328 e. The molecule has 4 heteroatoms. The van der Waals surface area contributed by atoms with Crippen LogP contribution in [-0.4, -0.2) is 15.4 Å². The Morgan fingerprint density at radius 1 is 1.47 bits per heavy atom. The van der Waals surface area contributed by atoms with Gasteiger partial charge in [-0.15, -0.1) is 11.6 Å². The molecule has 1 fully saturated rings. The van der Waals surface area contributed by atoms with E-state index >= 15 is 0 Å². The monoisotopic (exact) mass is 340 g/mol. The Balaban J connectivity index is 2.01. The van der Waals surface area contributed by atoms with Crippen molar-refractivity contribution in [3.05, 3.63) is 28.5 Å². The second-order valence-electron chi connectivity index (χ2n) is 6.10. The number of benzene rings is 1. The molecule has 102 valence electrons. The first-order valence-corrected chi connectivity index (χ1v) is 8.04.